The number of hydrogen-bond donors (Lipinski definition) is 2. The minimum atomic E-state index is -0.567. The van der Waals surface area contributed by atoms with E-state index in [4.69, 9.17) is 0 Å². The second-order valence-corrected chi connectivity index (χ2v) is 6.10. The molecule has 2 saturated carbocycles. The van der Waals surface area contributed by atoms with Gasteiger partial charge in [0.05, 0.1) is 11.2 Å². The SMILES string of the molecule is OC1(CC2(O)CCCCC2)CCCCCC1. The highest BCUT2D eigenvalue weighted by atomic mass is 16.3. The van der Waals surface area contributed by atoms with Crippen molar-refractivity contribution in [3.8, 4) is 0 Å². The van der Waals surface area contributed by atoms with Gasteiger partial charge >= 0.3 is 0 Å². The fraction of sp³-hybridized carbons (Fsp3) is 1.00. The molecule has 2 heteroatoms. The predicted octanol–water partition coefficient (Wildman–Crippen LogP) is 3.16. The van der Waals surface area contributed by atoms with Crippen molar-refractivity contribution in [2.24, 2.45) is 0 Å². The average Bonchev–Trinajstić information content (AvgIpc) is 2.43. The number of aliphatic hydroxyl groups is 2. The van der Waals surface area contributed by atoms with E-state index in [2.05, 4.69) is 0 Å². The zero-order valence-electron chi connectivity index (χ0n) is 10.4. The molecule has 0 aromatic carbocycles. The molecule has 0 aromatic rings. The summed E-state index contributed by atoms with van der Waals surface area (Å²) in [6.45, 7) is 0. The number of hydrogen-bond acceptors (Lipinski definition) is 2. The lowest BCUT2D eigenvalue weighted by atomic mass is 9.75. The largest absolute Gasteiger partial charge is 0.390 e. The van der Waals surface area contributed by atoms with Gasteiger partial charge in [0.1, 0.15) is 0 Å². The first-order valence-electron chi connectivity index (χ1n) is 7.07. The third-order valence-corrected chi connectivity index (χ3v) is 4.48. The summed E-state index contributed by atoms with van der Waals surface area (Å²) in [5, 5.41) is 21.1. The molecule has 0 spiro atoms. The molecule has 0 heterocycles. The third kappa shape index (κ3) is 3.21. The molecule has 0 radical (unpaired) electrons. The van der Waals surface area contributed by atoms with Crippen molar-refractivity contribution in [2.75, 3.05) is 0 Å². The van der Waals surface area contributed by atoms with Gasteiger partial charge < -0.3 is 10.2 Å². The molecule has 0 unspecified atom stereocenters. The Bertz CT molecular complexity index is 211. The van der Waals surface area contributed by atoms with Gasteiger partial charge in [-0.05, 0) is 25.7 Å². The molecule has 2 N–H and O–H groups in total. The van der Waals surface area contributed by atoms with Crippen LogP contribution in [-0.4, -0.2) is 21.4 Å². The first-order valence-corrected chi connectivity index (χ1v) is 7.07. The van der Waals surface area contributed by atoms with E-state index in [-0.39, 0.29) is 0 Å². The van der Waals surface area contributed by atoms with Crippen LogP contribution < -0.4 is 0 Å². The van der Waals surface area contributed by atoms with Crippen molar-refractivity contribution >= 4 is 0 Å². The fourth-order valence-electron chi connectivity index (χ4n) is 3.56. The molecule has 2 aliphatic rings. The van der Waals surface area contributed by atoms with Crippen LogP contribution in [0.5, 0.6) is 0 Å². The summed E-state index contributed by atoms with van der Waals surface area (Å²) in [4.78, 5) is 0. The van der Waals surface area contributed by atoms with Crippen LogP contribution in [0.25, 0.3) is 0 Å². The van der Waals surface area contributed by atoms with E-state index in [0.717, 1.165) is 51.4 Å². The Kier molecular flexibility index (Phi) is 3.91. The maximum atomic E-state index is 10.6. The lowest BCUT2D eigenvalue weighted by Gasteiger charge is -2.39. The predicted molar refractivity (Wildman–Crippen MR) is 65.3 cm³/mol. The molecule has 0 aromatic heterocycles. The van der Waals surface area contributed by atoms with Gasteiger partial charge in [-0.3, -0.25) is 0 Å². The van der Waals surface area contributed by atoms with Crippen LogP contribution in [0.4, 0.5) is 0 Å². The minimum absolute atomic E-state index is 0.558. The van der Waals surface area contributed by atoms with Gasteiger partial charge in [0, 0.05) is 6.42 Å². The highest BCUT2D eigenvalue weighted by Gasteiger charge is 2.39. The van der Waals surface area contributed by atoms with Crippen molar-refractivity contribution in [3.05, 3.63) is 0 Å². The van der Waals surface area contributed by atoms with Gasteiger partial charge in [0.2, 0.25) is 0 Å². The van der Waals surface area contributed by atoms with Crippen LogP contribution in [0.3, 0.4) is 0 Å². The first-order chi connectivity index (χ1) is 7.62. The summed E-state index contributed by atoms with van der Waals surface area (Å²) in [7, 11) is 0. The molecule has 0 saturated heterocycles. The van der Waals surface area contributed by atoms with Crippen molar-refractivity contribution in [3.63, 3.8) is 0 Å². The van der Waals surface area contributed by atoms with E-state index >= 15 is 0 Å². The summed E-state index contributed by atoms with van der Waals surface area (Å²) in [6.07, 6.45) is 12.5. The Morgan fingerprint density at radius 1 is 0.562 bits per heavy atom. The quantitative estimate of drug-likeness (QED) is 0.710. The summed E-state index contributed by atoms with van der Waals surface area (Å²) in [5.74, 6) is 0. The molecule has 16 heavy (non-hydrogen) atoms. The van der Waals surface area contributed by atoms with Crippen LogP contribution >= 0.6 is 0 Å². The highest BCUT2D eigenvalue weighted by Crippen LogP contribution is 2.39. The lowest BCUT2D eigenvalue weighted by molar-refractivity contribution is -0.0874. The van der Waals surface area contributed by atoms with Crippen LogP contribution in [0.2, 0.25) is 0 Å². The van der Waals surface area contributed by atoms with Gasteiger partial charge in [-0.1, -0.05) is 44.9 Å². The molecule has 0 bridgehead atoms. The second kappa shape index (κ2) is 5.05. The van der Waals surface area contributed by atoms with Gasteiger partial charge in [-0.2, -0.15) is 0 Å². The molecule has 2 nitrogen and oxygen atoms in total. The smallest absolute Gasteiger partial charge is 0.0675 e. The molecule has 0 aliphatic heterocycles. The molecular formula is C14H26O2. The van der Waals surface area contributed by atoms with Crippen LogP contribution in [-0.2, 0) is 0 Å². The van der Waals surface area contributed by atoms with Gasteiger partial charge in [0.15, 0.2) is 0 Å². The van der Waals surface area contributed by atoms with E-state index < -0.39 is 11.2 Å². The first kappa shape index (κ1) is 12.4. The molecular weight excluding hydrogens is 200 g/mol. The standard InChI is InChI=1S/C14H26O2/c15-13(8-4-1-2-5-9-13)12-14(16)10-6-3-7-11-14/h15-16H,1-12H2. The summed E-state index contributed by atoms with van der Waals surface area (Å²) < 4.78 is 0. The van der Waals surface area contributed by atoms with E-state index in [1.54, 1.807) is 0 Å². The molecule has 2 fully saturated rings. The summed E-state index contributed by atoms with van der Waals surface area (Å²) in [5.41, 5.74) is -1.13. The number of rotatable bonds is 2. The van der Waals surface area contributed by atoms with Crippen molar-refractivity contribution < 1.29 is 10.2 Å². The maximum Gasteiger partial charge on any atom is 0.0675 e. The normalized spacial score (nSPS) is 29.6. The van der Waals surface area contributed by atoms with E-state index in [1.165, 1.54) is 19.3 Å². The zero-order valence-corrected chi connectivity index (χ0v) is 10.4. The topological polar surface area (TPSA) is 40.5 Å². The van der Waals surface area contributed by atoms with Crippen molar-refractivity contribution in [1.29, 1.82) is 0 Å². The average molecular weight is 226 g/mol. The third-order valence-electron chi connectivity index (χ3n) is 4.48. The maximum absolute atomic E-state index is 10.6. The van der Waals surface area contributed by atoms with Gasteiger partial charge in [-0.25, -0.2) is 0 Å². The molecule has 94 valence electrons. The Balaban J connectivity index is 1.94. The van der Waals surface area contributed by atoms with E-state index in [0.29, 0.717) is 6.42 Å². The highest BCUT2D eigenvalue weighted by molar-refractivity contribution is 4.92. The second-order valence-electron chi connectivity index (χ2n) is 6.10. The molecule has 2 aliphatic carbocycles. The minimum Gasteiger partial charge on any atom is -0.390 e. The van der Waals surface area contributed by atoms with E-state index in [9.17, 15) is 10.2 Å². The lowest BCUT2D eigenvalue weighted by Crippen LogP contribution is -2.42. The van der Waals surface area contributed by atoms with Crippen LogP contribution in [0.1, 0.15) is 77.0 Å². The Hall–Kier alpha value is -0.0800. The Labute approximate surface area is 99.1 Å². The summed E-state index contributed by atoms with van der Waals surface area (Å²) in [6, 6.07) is 0. The van der Waals surface area contributed by atoms with Gasteiger partial charge in [-0.15, -0.1) is 0 Å². The van der Waals surface area contributed by atoms with Crippen LogP contribution in [0, 0.1) is 0 Å². The van der Waals surface area contributed by atoms with Gasteiger partial charge in [0.25, 0.3) is 0 Å². The Morgan fingerprint density at radius 3 is 1.25 bits per heavy atom. The summed E-state index contributed by atoms with van der Waals surface area (Å²) >= 11 is 0. The molecule has 2 rings (SSSR count). The Morgan fingerprint density at radius 2 is 0.875 bits per heavy atom. The fourth-order valence-corrected chi connectivity index (χ4v) is 3.56. The van der Waals surface area contributed by atoms with E-state index in [1.807, 2.05) is 0 Å². The zero-order chi connectivity index (χ0) is 11.5. The molecule has 0 amide bonds. The monoisotopic (exact) mass is 226 g/mol. The van der Waals surface area contributed by atoms with Crippen molar-refractivity contribution in [2.45, 2.75) is 88.3 Å². The van der Waals surface area contributed by atoms with Crippen molar-refractivity contribution in [1.82, 2.24) is 0 Å². The molecule has 0 atom stereocenters. The van der Waals surface area contributed by atoms with Crippen LogP contribution in [0.15, 0.2) is 0 Å².